The first-order chi connectivity index (χ1) is 6.88. The molecule has 0 aliphatic carbocycles. The number of nitrogens with two attached hydrogens (primary N) is 1. The lowest BCUT2D eigenvalue weighted by atomic mass is 10.2. The minimum Gasteiger partial charge on any atom is -0.480 e. The predicted octanol–water partition coefficient (Wildman–Crippen LogP) is -1.28. The Morgan fingerprint density at radius 3 is 1.80 bits per heavy atom. The maximum atomic E-state index is 10.9. The van der Waals surface area contributed by atoms with E-state index in [1.807, 2.05) is 0 Å². The van der Waals surface area contributed by atoms with Gasteiger partial charge in [-0.25, -0.2) is 0 Å². The molecule has 7 nitrogen and oxygen atoms in total. The molecule has 0 aromatic rings. The van der Waals surface area contributed by atoms with Crippen LogP contribution in [0.15, 0.2) is 0 Å². The lowest BCUT2D eigenvalue weighted by molar-refractivity contribution is -0.143. The second kappa shape index (κ2) is 5.97. The molecule has 0 radical (unpaired) electrons. The molecule has 7 heteroatoms. The van der Waals surface area contributed by atoms with Crippen LogP contribution in [0.25, 0.3) is 0 Å². The van der Waals surface area contributed by atoms with Crippen LogP contribution in [0.4, 0.5) is 0 Å². The Labute approximate surface area is 86.5 Å². The van der Waals surface area contributed by atoms with E-state index in [2.05, 4.69) is 0 Å². The largest absolute Gasteiger partial charge is 0.480 e. The van der Waals surface area contributed by atoms with Crippen LogP contribution in [0.2, 0.25) is 0 Å². The van der Waals surface area contributed by atoms with E-state index >= 15 is 0 Å². The van der Waals surface area contributed by atoms with Crippen LogP contribution in [-0.4, -0.2) is 52.1 Å². The van der Waals surface area contributed by atoms with Crippen LogP contribution >= 0.6 is 0 Å². The monoisotopic (exact) mass is 218 g/mol. The van der Waals surface area contributed by atoms with E-state index in [0.29, 0.717) is 0 Å². The average Bonchev–Trinajstić information content (AvgIpc) is 2.01. The van der Waals surface area contributed by atoms with Crippen LogP contribution in [-0.2, 0) is 14.4 Å². The first kappa shape index (κ1) is 13.4. The fourth-order valence-corrected chi connectivity index (χ4v) is 1.26. The SMILES string of the molecule is CCC(C(N)=O)N(CC(=O)O)CC(=O)O. The molecular formula is C8H14N2O5. The molecule has 0 heterocycles. The summed E-state index contributed by atoms with van der Waals surface area (Å²) in [5.41, 5.74) is 5.03. The van der Waals surface area contributed by atoms with E-state index in [9.17, 15) is 14.4 Å². The number of aliphatic carboxylic acids is 2. The highest BCUT2D eigenvalue weighted by Gasteiger charge is 2.25. The summed E-state index contributed by atoms with van der Waals surface area (Å²) in [4.78, 5) is 32.8. The minimum absolute atomic E-state index is 0.274. The molecule has 15 heavy (non-hydrogen) atoms. The van der Waals surface area contributed by atoms with Crippen LogP contribution in [0.3, 0.4) is 0 Å². The smallest absolute Gasteiger partial charge is 0.317 e. The summed E-state index contributed by atoms with van der Waals surface area (Å²) in [7, 11) is 0. The van der Waals surface area contributed by atoms with Crippen LogP contribution in [0.5, 0.6) is 0 Å². The van der Waals surface area contributed by atoms with Gasteiger partial charge in [0.25, 0.3) is 0 Å². The molecular weight excluding hydrogens is 204 g/mol. The van der Waals surface area contributed by atoms with Gasteiger partial charge in [0, 0.05) is 0 Å². The maximum absolute atomic E-state index is 10.9. The molecule has 0 saturated heterocycles. The fourth-order valence-electron chi connectivity index (χ4n) is 1.26. The first-order valence-electron chi connectivity index (χ1n) is 4.35. The van der Waals surface area contributed by atoms with Gasteiger partial charge in [0.05, 0.1) is 19.1 Å². The number of carbonyl (C=O) groups excluding carboxylic acids is 1. The molecule has 0 aliphatic rings. The Bertz CT molecular complexity index is 250. The molecule has 0 aromatic heterocycles. The van der Waals surface area contributed by atoms with Crippen molar-refractivity contribution in [2.24, 2.45) is 5.73 Å². The highest BCUT2D eigenvalue weighted by Crippen LogP contribution is 2.03. The molecule has 0 saturated carbocycles. The number of rotatable bonds is 7. The van der Waals surface area contributed by atoms with Gasteiger partial charge < -0.3 is 15.9 Å². The third kappa shape index (κ3) is 4.96. The van der Waals surface area contributed by atoms with Crippen LogP contribution in [0.1, 0.15) is 13.3 Å². The molecule has 1 amide bonds. The lowest BCUT2D eigenvalue weighted by Crippen LogP contribution is -2.48. The van der Waals surface area contributed by atoms with Crippen LogP contribution < -0.4 is 5.73 Å². The van der Waals surface area contributed by atoms with Crippen molar-refractivity contribution in [3.63, 3.8) is 0 Å². The summed E-state index contributed by atoms with van der Waals surface area (Å²) >= 11 is 0. The van der Waals surface area contributed by atoms with Crippen molar-refractivity contribution in [1.29, 1.82) is 0 Å². The molecule has 0 aliphatic heterocycles. The van der Waals surface area contributed by atoms with Gasteiger partial charge in [-0.15, -0.1) is 0 Å². The van der Waals surface area contributed by atoms with E-state index in [1.54, 1.807) is 6.92 Å². The van der Waals surface area contributed by atoms with Gasteiger partial charge in [0.1, 0.15) is 0 Å². The lowest BCUT2D eigenvalue weighted by Gasteiger charge is -2.25. The summed E-state index contributed by atoms with van der Waals surface area (Å²) in [6.45, 7) is 0.591. The zero-order valence-corrected chi connectivity index (χ0v) is 8.34. The Morgan fingerprint density at radius 2 is 1.60 bits per heavy atom. The van der Waals surface area contributed by atoms with Crippen molar-refractivity contribution in [2.75, 3.05) is 13.1 Å². The highest BCUT2D eigenvalue weighted by molar-refractivity contribution is 5.82. The van der Waals surface area contributed by atoms with E-state index in [0.717, 1.165) is 4.90 Å². The second-order valence-electron chi connectivity index (χ2n) is 3.02. The number of carboxylic acids is 2. The van der Waals surface area contributed by atoms with Crippen LogP contribution in [0, 0.1) is 0 Å². The zero-order valence-electron chi connectivity index (χ0n) is 8.34. The molecule has 0 fully saturated rings. The molecule has 0 bridgehead atoms. The Morgan fingerprint density at radius 1 is 1.20 bits per heavy atom. The van der Waals surface area contributed by atoms with Crippen molar-refractivity contribution in [2.45, 2.75) is 19.4 Å². The number of carbonyl (C=O) groups is 3. The van der Waals surface area contributed by atoms with E-state index in [1.165, 1.54) is 0 Å². The van der Waals surface area contributed by atoms with Gasteiger partial charge in [-0.2, -0.15) is 0 Å². The Balaban J connectivity index is 4.64. The van der Waals surface area contributed by atoms with Gasteiger partial charge in [-0.05, 0) is 6.42 Å². The van der Waals surface area contributed by atoms with Gasteiger partial charge in [-0.1, -0.05) is 6.92 Å². The summed E-state index contributed by atoms with van der Waals surface area (Å²) in [5, 5.41) is 17.1. The number of hydrogen-bond acceptors (Lipinski definition) is 4. The van der Waals surface area contributed by atoms with E-state index in [-0.39, 0.29) is 6.42 Å². The van der Waals surface area contributed by atoms with Crippen molar-refractivity contribution in [3.8, 4) is 0 Å². The quantitative estimate of drug-likeness (QED) is 0.489. The predicted molar refractivity (Wildman–Crippen MR) is 50.1 cm³/mol. The van der Waals surface area contributed by atoms with Gasteiger partial charge in [0.2, 0.25) is 5.91 Å². The fraction of sp³-hybridized carbons (Fsp3) is 0.625. The number of carboxylic acid groups (broad SMARTS) is 2. The highest BCUT2D eigenvalue weighted by atomic mass is 16.4. The Kier molecular flexibility index (Phi) is 5.32. The Hall–Kier alpha value is -1.63. The van der Waals surface area contributed by atoms with Gasteiger partial charge >= 0.3 is 11.9 Å². The van der Waals surface area contributed by atoms with Crippen molar-refractivity contribution in [1.82, 2.24) is 4.90 Å². The minimum atomic E-state index is -1.20. The summed E-state index contributed by atoms with van der Waals surface area (Å²) in [5.74, 6) is -3.12. The molecule has 1 unspecified atom stereocenters. The second-order valence-corrected chi connectivity index (χ2v) is 3.02. The topological polar surface area (TPSA) is 121 Å². The molecule has 0 rings (SSSR count). The summed E-state index contributed by atoms with van der Waals surface area (Å²) < 4.78 is 0. The number of hydrogen-bond donors (Lipinski definition) is 3. The average molecular weight is 218 g/mol. The van der Waals surface area contributed by atoms with Crippen molar-refractivity contribution < 1.29 is 24.6 Å². The number of primary amides is 1. The van der Waals surface area contributed by atoms with E-state index in [4.69, 9.17) is 15.9 Å². The third-order valence-electron chi connectivity index (χ3n) is 1.83. The molecule has 0 spiro atoms. The normalized spacial score (nSPS) is 12.4. The zero-order chi connectivity index (χ0) is 12.0. The molecule has 86 valence electrons. The molecule has 1 atom stereocenters. The van der Waals surface area contributed by atoms with E-state index < -0.39 is 37.0 Å². The third-order valence-corrected chi connectivity index (χ3v) is 1.83. The molecule has 0 aromatic carbocycles. The van der Waals surface area contributed by atoms with Crippen molar-refractivity contribution >= 4 is 17.8 Å². The first-order valence-corrected chi connectivity index (χ1v) is 4.35. The van der Waals surface area contributed by atoms with Gasteiger partial charge in [0.15, 0.2) is 0 Å². The maximum Gasteiger partial charge on any atom is 0.317 e. The summed E-state index contributed by atoms with van der Waals surface area (Å²) in [6.07, 6.45) is 0.274. The van der Waals surface area contributed by atoms with Gasteiger partial charge in [-0.3, -0.25) is 19.3 Å². The number of nitrogens with zero attached hydrogens (tertiary/aromatic N) is 1. The molecule has 4 N–H and O–H groups in total. The standard InChI is InChI=1S/C8H14N2O5/c1-2-5(8(9)15)10(3-6(11)12)4-7(13)14/h5H,2-4H2,1H3,(H2,9,15)(H,11,12)(H,13,14). The summed E-state index contributed by atoms with van der Waals surface area (Å²) in [6, 6.07) is -0.864. The van der Waals surface area contributed by atoms with Crippen molar-refractivity contribution in [3.05, 3.63) is 0 Å². The number of amides is 1.